The number of carbonyl (C=O) groups excluding carboxylic acids is 1. The fourth-order valence-corrected chi connectivity index (χ4v) is 2.54. The average molecular weight is 331 g/mol. The second kappa shape index (κ2) is 6.95. The minimum Gasteiger partial charge on any atom is -0.350 e. The first kappa shape index (κ1) is 17.2. The van der Waals surface area contributed by atoms with Crippen LogP contribution in [-0.2, 0) is 0 Å². The summed E-state index contributed by atoms with van der Waals surface area (Å²) >= 11 is 0. The van der Waals surface area contributed by atoms with Crippen LogP contribution in [0.3, 0.4) is 0 Å². The quantitative estimate of drug-likeness (QED) is 0.510. The highest BCUT2D eigenvalue weighted by atomic mass is 19.2. The molecule has 2 rings (SSSR count). The van der Waals surface area contributed by atoms with Crippen LogP contribution in [0.5, 0.6) is 0 Å². The molecule has 0 bridgehead atoms. The Balaban J connectivity index is 2.14. The first-order valence-electron chi connectivity index (χ1n) is 7.17. The Morgan fingerprint density at radius 1 is 1.30 bits per heavy atom. The molecule has 9 heteroatoms. The van der Waals surface area contributed by atoms with E-state index < -0.39 is 39.5 Å². The summed E-state index contributed by atoms with van der Waals surface area (Å²) in [5.74, 6) is -6.71. The van der Waals surface area contributed by atoms with Crippen molar-refractivity contribution in [2.45, 2.75) is 25.8 Å². The van der Waals surface area contributed by atoms with E-state index in [0.29, 0.717) is 6.07 Å². The van der Waals surface area contributed by atoms with Gasteiger partial charge in [-0.05, 0) is 32.9 Å². The molecule has 1 aliphatic heterocycles. The molecule has 1 aliphatic rings. The number of nitrogens with zero attached hydrogens (tertiary/aromatic N) is 2. The van der Waals surface area contributed by atoms with Gasteiger partial charge in [0.25, 0.3) is 5.91 Å². The van der Waals surface area contributed by atoms with Crippen molar-refractivity contribution in [1.82, 2.24) is 10.2 Å². The minimum atomic E-state index is -2.03. The Labute approximate surface area is 130 Å². The summed E-state index contributed by atoms with van der Waals surface area (Å²) in [5.41, 5.74) is -2.16. The number of hydrogen-bond donors (Lipinski definition) is 1. The van der Waals surface area contributed by atoms with Crippen LogP contribution < -0.4 is 5.32 Å². The highest BCUT2D eigenvalue weighted by molar-refractivity contribution is 5.95. The highest BCUT2D eigenvalue weighted by Gasteiger charge is 2.29. The SMILES string of the molecule is CC(CNC(=O)c1cc([N+](=O)[O-])c(F)c(F)c1F)N1CCCC1. The van der Waals surface area contributed by atoms with Crippen molar-refractivity contribution in [3.63, 3.8) is 0 Å². The van der Waals surface area contributed by atoms with Gasteiger partial charge in [0, 0.05) is 18.7 Å². The first-order valence-corrected chi connectivity index (χ1v) is 7.17. The summed E-state index contributed by atoms with van der Waals surface area (Å²) in [4.78, 5) is 23.5. The summed E-state index contributed by atoms with van der Waals surface area (Å²) in [6.45, 7) is 3.82. The number of benzene rings is 1. The third-order valence-corrected chi connectivity index (χ3v) is 3.89. The Hall–Kier alpha value is -2.16. The van der Waals surface area contributed by atoms with E-state index in [-0.39, 0.29) is 12.6 Å². The molecule has 126 valence electrons. The molecule has 0 aromatic heterocycles. The normalized spacial score (nSPS) is 16.3. The van der Waals surface area contributed by atoms with E-state index in [1.54, 1.807) is 0 Å². The monoisotopic (exact) mass is 331 g/mol. The van der Waals surface area contributed by atoms with Crippen LogP contribution in [0.15, 0.2) is 6.07 Å². The van der Waals surface area contributed by atoms with Crippen LogP contribution in [0.1, 0.15) is 30.1 Å². The van der Waals surface area contributed by atoms with Crippen LogP contribution >= 0.6 is 0 Å². The molecule has 1 aromatic rings. The zero-order valence-electron chi connectivity index (χ0n) is 12.4. The number of carbonyl (C=O) groups is 1. The summed E-state index contributed by atoms with van der Waals surface area (Å²) < 4.78 is 40.3. The van der Waals surface area contributed by atoms with Crippen molar-refractivity contribution in [3.8, 4) is 0 Å². The maximum Gasteiger partial charge on any atom is 0.308 e. The Kier molecular flexibility index (Phi) is 5.19. The lowest BCUT2D eigenvalue weighted by molar-refractivity contribution is -0.387. The fourth-order valence-electron chi connectivity index (χ4n) is 2.54. The van der Waals surface area contributed by atoms with E-state index in [4.69, 9.17) is 0 Å². The molecule has 1 heterocycles. The van der Waals surface area contributed by atoms with Crippen molar-refractivity contribution < 1.29 is 22.9 Å². The van der Waals surface area contributed by atoms with Gasteiger partial charge >= 0.3 is 5.69 Å². The highest BCUT2D eigenvalue weighted by Crippen LogP contribution is 2.25. The fraction of sp³-hybridized carbons (Fsp3) is 0.500. The van der Waals surface area contributed by atoms with Gasteiger partial charge in [-0.15, -0.1) is 0 Å². The van der Waals surface area contributed by atoms with Crippen molar-refractivity contribution in [3.05, 3.63) is 39.2 Å². The van der Waals surface area contributed by atoms with Gasteiger partial charge in [-0.2, -0.15) is 4.39 Å². The van der Waals surface area contributed by atoms with Crippen LogP contribution in [0, 0.1) is 27.6 Å². The Morgan fingerprint density at radius 3 is 2.48 bits per heavy atom. The number of halogens is 3. The predicted octanol–water partition coefficient (Wildman–Crippen LogP) is 2.23. The number of nitro groups is 1. The Morgan fingerprint density at radius 2 is 1.91 bits per heavy atom. The molecule has 1 amide bonds. The maximum absolute atomic E-state index is 13.7. The zero-order valence-corrected chi connectivity index (χ0v) is 12.4. The molecular formula is C14H16F3N3O3. The van der Waals surface area contributed by atoms with Gasteiger partial charge in [-0.3, -0.25) is 19.8 Å². The molecule has 23 heavy (non-hydrogen) atoms. The number of nitrogens with one attached hydrogen (secondary N) is 1. The van der Waals surface area contributed by atoms with Crippen LogP contribution in [0.25, 0.3) is 0 Å². The van der Waals surface area contributed by atoms with Gasteiger partial charge in [0.05, 0.1) is 10.5 Å². The molecule has 0 saturated carbocycles. The van der Waals surface area contributed by atoms with E-state index in [1.165, 1.54) is 0 Å². The van der Waals surface area contributed by atoms with E-state index in [9.17, 15) is 28.1 Å². The summed E-state index contributed by atoms with van der Waals surface area (Å²) in [6, 6.07) is 0.397. The predicted molar refractivity (Wildman–Crippen MR) is 75.6 cm³/mol. The number of likely N-dealkylation sites (tertiary alicyclic amines) is 1. The van der Waals surface area contributed by atoms with Gasteiger partial charge < -0.3 is 5.32 Å². The van der Waals surface area contributed by atoms with Crippen LogP contribution in [0.2, 0.25) is 0 Å². The van der Waals surface area contributed by atoms with Crippen LogP contribution in [0.4, 0.5) is 18.9 Å². The lowest BCUT2D eigenvalue weighted by atomic mass is 10.1. The van der Waals surface area contributed by atoms with Crippen molar-refractivity contribution >= 4 is 11.6 Å². The van der Waals surface area contributed by atoms with Gasteiger partial charge in [-0.25, -0.2) is 8.78 Å². The third kappa shape index (κ3) is 3.61. The molecule has 0 radical (unpaired) electrons. The molecule has 1 atom stereocenters. The number of hydrogen-bond acceptors (Lipinski definition) is 4. The molecule has 1 fully saturated rings. The molecule has 1 N–H and O–H groups in total. The summed E-state index contributed by atoms with van der Waals surface area (Å²) in [5, 5.41) is 13.0. The smallest absolute Gasteiger partial charge is 0.308 e. The third-order valence-electron chi connectivity index (χ3n) is 3.89. The molecule has 0 spiro atoms. The second-order valence-corrected chi connectivity index (χ2v) is 5.44. The zero-order chi connectivity index (χ0) is 17.1. The topological polar surface area (TPSA) is 75.5 Å². The van der Waals surface area contributed by atoms with Crippen LogP contribution in [-0.4, -0.2) is 41.4 Å². The molecule has 1 saturated heterocycles. The largest absolute Gasteiger partial charge is 0.350 e. The van der Waals surface area contributed by atoms with E-state index in [1.807, 2.05) is 6.92 Å². The lowest BCUT2D eigenvalue weighted by Gasteiger charge is -2.23. The molecular weight excluding hydrogens is 315 g/mol. The average Bonchev–Trinajstić information content (AvgIpc) is 3.04. The molecule has 1 aromatic carbocycles. The number of rotatable bonds is 5. The van der Waals surface area contributed by atoms with Gasteiger partial charge in [0.15, 0.2) is 5.82 Å². The number of nitro benzene ring substituents is 1. The molecule has 0 aliphatic carbocycles. The Bertz CT molecular complexity index is 633. The van der Waals surface area contributed by atoms with Crippen molar-refractivity contribution in [2.24, 2.45) is 0 Å². The summed E-state index contributed by atoms with van der Waals surface area (Å²) in [7, 11) is 0. The minimum absolute atomic E-state index is 0.00945. The lowest BCUT2D eigenvalue weighted by Crippen LogP contribution is -2.41. The van der Waals surface area contributed by atoms with E-state index in [0.717, 1.165) is 25.9 Å². The van der Waals surface area contributed by atoms with E-state index in [2.05, 4.69) is 10.2 Å². The standard InChI is InChI=1S/C14H16F3N3O3/c1-8(19-4-2-3-5-19)7-18-14(21)9-6-10(20(22)23)12(16)13(17)11(9)15/h6,8H,2-5,7H2,1H3,(H,18,21). The second-order valence-electron chi connectivity index (χ2n) is 5.44. The maximum atomic E-state index is 13.7. The van der Waals surface area contributed by atoms with Gasteiger partial charge in [-0.1, -0.05) is 0 Å². The van der Waals surface area contributed by atoms with Gasteiger partial charge in [0.1, 0.15) is 0 Å². The number of amides is 1. The molecule has 6 nitrogen and oxygen atoms in total. The first-order chi connectivity index (χ1) is 10.8. The summed E-state index contributed by atoms with van der Waals surface area (Å²) in [6.07, 6.45) is 2.12. The van der Waals surface area contributed by atoms with Gasteiger partial charge in [0.2, 0.25) is 11.6 Å². The van der Waals surface area contributed by atoms with Crippen molar-refractivity contribution in [1.29, 1.82) is 0 Å². The molecule has 1 unspecified atom stereocenters. The van der Waals surface area contributed by atoms with Crippen molar-refractivity contribution in [2.75, 3.05) is 19.6 Å². The van der Waals surface area contributed by atoms with E-state index >= 15 is 0 Å².